The molecule has 0 N–H and O–H groups in total. The van der Waals surface area contributed by atoms with Gasteiger partial charge in [0, 0.05) is 79.1 Å². The number of furan rings is 1. The van der Waals surface area contributed by atoms with Crippen molar-refractivity contribution in [2.45, 2.75) is 19.3 Å². The molecule has 1 aliphatic rings. The van der Waals surface area contributed by atoms with Gasteiger partial charge in [0.25, 0.3) is 0 Å². The third kappa shape index (κ3) is 4.54. The number of fused-ring (bicyclic) bond motifs is 9. The van der Waals surface area contributed by atoms with Crippen LogP contribution in [0, 0.1) is 0 Å². The normalized spacial score (nSPS) is 14.3. The average Bonchev–Trinajstić information content (AvgIpc) is 3.90. The summed E-state index contributed by atoms with van der Waals surface area (Å²) in [5, 5.41) is 6.10. The minimum absolute atomic E-state index is 0.277. The fourth-order valence-electron chi connectivity index (χ4n) is 7.92. The van der Waals surface area contributed by atoms with Gasteiger partial charge in [-0.25, -0.2) is 15.0 Å². The molecule has 1 atom stereocenters. The topological polar surface area (TPSA) is 51.8 Å². The van der Waals surface area contributed by atoms with E-state index in [0.29, 0.717) is 17.5 Å². The first-order chi connectivity index (χ1) is 25.7. The van der Waals surface area contributed by atoms with Crippen LogP contribution in [0.15, 0.2) is 138 Å². The van der Waals surface area contributed by atoms with Crippen molar-refractivity contribution in [1.29, 1.82) is 0 Å². The zero-order valence-corrected chi connectivity index (χ0v) is 29.8. The molecule has 4 heterocycles. The molecule has 0 saturated carbocycles. The van der Waals surface area contributed by atoms with Crippen molar-refractivity contribution in [3.63, 3.8) is 0 Å². The number of nitrogens with zero attached hydrogens (tertiary/aromatic N) is 3. The Morgan fingerprint density at radius 2 is 1.23 bits per heavy atom. The van der Waals surface area contributed by atoms with Crippen LogP contribution < -0.4 is 0 Å². The molecule has 0 radical (unpaired) electrons. The molecule has 0 saturated heterocycles. The molecule has 1 unspecified atom stereocenters. The monoisotopic (exact) mass is 703 g/mol. The van der Waals surface area contributed by atoms with Crippen LogP contribution >= 0.6 is 22.7 Å². The lowest BCUT2D eigenvalue weighted by molar-refractivity contribution is 0.587. The van der Waals surface area contributed by atoms with Crippen LogP contribution in [0.3, 0.4) is 0 Å². The quantitative estimate of drug-likeness (QED) is 0.183. The van der Waals surface area contributed by atoms with E-state index in [1.807, 2.05) is 40.9 Å². The molecule has 52 heavy (non-hydrogen) atoms. The van der Waals surface area contributed by atoms with E-state index < -0.39 is 0 Å². The Morgan fingerprint density at radius 1 is 0.558 bits per heavy atom. The van der Waals surface area contributed by atoms with E-state index in [0.717, 1.165) is 45.4 Å². The van der Waals surface area contributed by atoms with Crippen molar-refractivity contribution in [1.82, 2.24) is 15.0 Å². The minimum Gasteiger partial charge on any atom is -0.456 e. The molecule has 6 heteroatoms. The Kier molecular flexibility index (Phi) is 6.60. The van der Waals surface area contributed by atoms with Crippen molar-refractivity contribution < 1.29 is 4.42 Å². The van der Waals surface area contributed by atoms with Gasteiger partial charge in [-0.2, -0.15) is 0 Å². The molecule has 6 aromatic carbocycles. The van der Waals surface area contributed by atoms with Gasteiger partial charge in [0.2, 0.25) is 0 Å². The number of thiophene rings is 2. The lowest BCUT2D eigenvalue weighted by Crippen LogP contribution is -2.02. The van der Waals surface area contributed by atoms with Crippen LogP contribution in [0.2, 0.25) is 0 Å². The lowest BCUT2D eigenvalue weighted by atomic mass is 9.87. The number of allylic oxidation sites excluding steroid dienone is 1. The van der Waals surface area contributed by atoms with Gasteiger partial charge in [0.05, 0.1) is 0 Å². The van der Waals surface area contributed by atoms with Gasteiger partial charge in [-0.1, -0.05) is 97.9 Å². The molecule has 246 valence electrons. The van der Waals surface area contributed by atoms with E-state index in [9.17, 15) is 0 Å². The molecule has 0 fully saturated rings. The second-order valence-corrected chi connectivity index (χ2v) is 15.7. The van der Waals surface area contributed by atoms with Crippen LogP contribution in [-0.2, 0) is 0 Å². The Balaban J connectivity index is 1.18. The second kappa shape index (κ2) is 11.5. The van der Waals surface area contributed by atoms with Gasteiger partial charge in [-0.15, -0.1) is 22.7 Å². The first kappa shape index (κ1) is 29.7. The highest BCUT2D eigenvalue weighted by Crippen LogP contribution is 2.48. The Bertz CT molecular complexity index is 3080. The molecule has 11 rings (SSSR count). The van der Waals surface area contributed by atoms with Crippen molar-refractivity contribution in [2.75, 3.05) is 0 Å². The summed E-state index contributed by atoms with van der Waals surface area (Å²) < 4.78 is 12.0. The van der Waals surface area contributed by atoms with Crippen molar-refractivity contribution in [3.8, 4) is 45.3 Å². The Hall–Kier alpha value is -5.95. The molecular formula is C46H29N3OS2. The minimum atomic E-state index is 0.277. The number of hydrogen-bond donors (Lipinski definition) is 0. The van der Waals surface area contributed by atoms with Crippen molar-refractivity contribution >= 4 is 80.1 Å². The number of aromatic nitrogens is 3. The summed E-state index contributed by atoms with van der Waals surface area (Å²) in [5.74, 6) is 3.13. The third-order valence-corrected chi connectivity index (χ3v) is 12.8. The summed E-state index contributed by atoms with van der Waals surface area (Å²) in [6, 6.07) is 45.1. The van der Waals surface area contributed by atoms with Gasteiger partial charge < -0.3 is 4.42 Å². The third-order valence-electron chi connectivity index (χ3n) is 10.4. The lowest BCUT2D eigenvalue weighted by Gasteiger charge is -2.15. The molecular weight excluding hydrogens is 675 g/mol. The average molecular weight is 704 g/mol. The summed E-state index contributed by atoms with van der Waals surface area (Å²) >= 11 is 3.65. The number of hydrogen-bond acceptors (Lipinski definition) is 6. The van der Waals surface area contributed by atoms with E-state index >= 15 is 0 Å². The fraction of sp³-hybridized carbons (Fsp3) is 0.0652. The molecule has 4 aromatic heterocycles. The van der Waals surface area contributed by atoms with Gasteiger partial charge >= 0.3 is 0 Å². The van der Waals surface area contributed by atoms with Crippen LogP contribution in [0.1, 0.15) is 30.6 Å². The summed E-state index contributed by atoms with van der Waals surface area (Å²) in [6.45, 7) is 2.29. The molecule has 10 aromatic rings. The molecule has 0 aliphatic heterocycles. The first-order valence-electron chi connectivity index (χ1n) is 17.6. The molecule has 1 aliphatic carbocycles. The summed E-state index contributed by atoms with van der Waals surface area (Å²) in [7, 11) is 0. The van der Waals surface area contributed by atoms with E-state index in [2.05, 4.69) is 128 Å². The largest absolute Gasteiger partial charge is 0.456 e. The first-order valence-corrected chi connectivity index (χ1v) is 19.2. The Labute approximate surface area is 307 Å². The maximum absolute atomic E-state index is 6.89. The van der Waals surface area contributed by atoms with Crippen LogP contribution in [0.25, 0.3) is 103 Å². The maximum Gasteiger partial charge on any atom is 0.164 e. The van der Waals surface area contributed by atoms with E-state index in [1.165, 1.54) is 51.5 Å². The van der Waals surface area contributed by atoms with Crippen LogP contribution in [0.5, 0.6) is 0 Å². The Morgan fingerprint density at radius 3 is 2.08 bits per heavy atom. The van der Waals surface area contributed by atoms with Crippen LogP contribution in [-0.4, -0.2) is 15.0 Å². The SMILES string of the molecule is CC1CC=Cc2oc3c(-c4cccc5c4sc4ccccc45)ccc(-c4nc(-c5ccccc5)nc(-c5ccc6sc7ccccc7c6c5)n4)c3c21. The van der Waals surface area contributed by atoms with Gasteiger partial charge in [0.1, 0.15) is 11.3 Å². The van der Waals surface area contributed by atoms with Crippen LogP contribution in [0.4, 0.5) is 0 Å². The smallest absolute Gasteiger partial charge is 0.164 e. The second-order valence-electron chi connectivity index (χ2n) is 13.5. The maximum atomic E-state index is 6.89. The fourth-order valence-corrected chi connectivity index (χ4v) is 10.2. The van der Waals surface area contributed by atoms with Gasteiger partial charge in [-0.3, -0.25) is 0 Å². The molecule has 0 spiro atoms. The predicted molar refractivity (Wildman–Crippen MR) is 219 cm³/mol. The zero-order valence-electron chi connectivity index (χ0n) is 28.1. The van der Waals surface area contributed by atoms with Gasteiger partial charge in [-0.05, 0) is 60.9 Å². The van der Waals surface area contributed by atoms with E-state index in [-0.39, 0.29) is 5.92 Å². The summed E-state index contributed by atoms with van der Waals surface area (Å²) in [5.41, 5.74) is 7.22. The highest BCUT2D eigenvalue weighted by molar-refractivity contribution is 7.26. The number of rotatable bonds is 4. The van der Waals surface area contributed by atoms with Crippen molar-refractivity contribution in [2.24, 2.45) is 0 Å². The predicted octanol–water partition coefficient (Wildman–Crippen LogP) is 13.5. The van der Waals surface area contributed by atoms with E-state index in [4.69, 9.17) is 19.4 Å². The van der Waals surface area contributed by atoms with E-state index in [1.54, 1.807) is 0 Å². The van der Waals surface area contributed by atoms with Crippen molar-refractivity contribution in [3.05, 3.63) is 145 Å². The molecule has 4 nitrogen and oxygen atoms in total. The highest BCUT2D eigenvalue weighted by Gasteiger charge is 2.28. The van der Waals surface area contributed by atoms with Gasteiger partial charge in [0.15, 0.2) is 17.5 Å². The molecule has 0 bridgehead atoms. The number of benzene rings is 6. The zero-order chi connectivity index (χ0) is 34.3. The highest BCUT2D eigenvalue weighted by atomic mass is 32.1. The molecule has 0 amide bonds. The summed E-state index contributed by atoms with van der Waals surface area (Å²) in [6.07, 6.45) is 5.31. The summed E-state index contributed by atoms with van der Waals surface area (Å²) in [4.78, 5) is 15.6. The standard InChI is InChI=1S/C46H29N3OS2/c1-26-11-9-18-36-40(26)41-34(23-22-31(42(41)50-36)33-17-10-16-32-29-14-5-8-20-38(29)52-43(32)33)46-48-44(27-12-3-2-4-13-27)47-45(49-46)28-21-24-39-35(25-28)30-15-6-7-19-37(30)51-39/h2-10,12-26H,11H2,1H3.